The number of anilines is 1. The van der Waals surface area contributed by atoms with Crippen molar-refractivity contribution in [2.24, 2.45) is 0 Å². The second-order valence-electron chi connectivity index (χ2n) is 5.05. The fraction of sp³-hybridized carbons (Fsp3) is 0.308. The zero-order valence-corrected chi connectivity index (χ0v) is 11.7. The van der Waals surface area contributed by atoms with Gasteiger partial charge in [0.2, 0.25) is 0 Å². The predicted molar refractivity (Wildman–Crippen MR) is 74.4 cm³/mol. The van der Waals surface area contributed by atoms with Crippen LogP contribution >= 0.6 is 11.6 Å². The van der Waals surface area contributed by atoms with Crippen molar-refractivity contribution in [2.75, 3.05) is 5.32 Å². The molecular formula is C13H14ClN3O2. The van der Waals surface area contributed by atoms with Gasteiger partial charge in [-0.25, -0.2) is 14.8 Å². The Kier molecular flexibility index (Phi) is 3.57. The highest BCUT2D eigenvalue weighted by Crippen LogP contribution is 2.19. The second kappa shape index (κ2) is 5.01. The minimum Gasteiger partial charge on any atom is -0.444 e. The maximum atomic E-state index is 11.6. The third-order valence-electron chi connectivity index (χ3n) is 2.20. The van der Waals surface area contributed by atoms with Gasteiger partial charge in [-0.3, -0.25) is 5.32 Å². The summed E-state index contributed by atoms with van der Waals surface area (Å²) in [6, 6.07) is 3.42. The van der Waals surface area contributed by atoms with Gasteiger partial charge < -0.3 is 4.74 Å². The van der Waals surface area contributed by atoms with Crippen LogP contribution in [0.15, 0.2) is 24.5 Å². The lowest BCUT2D eigenvalue weighted by Crippen LogP contribution is -2.27. The molecule has 0 unspecified atom stereocenters. The van der Waals surface area contributed by atoms with Crippen LogP contribution in [0, 0.1) is 0 Å². The van der Waals surface area contributed by atoms with E-state index in [2.05, 4.69) is 15.3 Å². The first-order valence-electron chi connectivity index (χ1n) is 5.75. The summed E-state index contributed by atoms with van der Waals surface area (Å²) in [6.07, 6.45) is 2.70. The van der Waals surface area contributed by atoms with Crippen LogP contribution in [0.1, 0.15) is 20.8 Å². The number of ether oxygens (including phenoxy) is 1. The molecule has 0 aromatic carbocycles. The first-order valence-corrected chi connectivity index (χ1v) is 6.12. The molecule has 0 spiro atoms. The number of nitrogens with one attached hydrogen (secondary N) is 1. The molecule has 1 N–H and O–H groups in total. The number of aromatic nitrogens is 2. The van der Waals surface area contributed by atoms with Crippen molar-refractivity contribution in [1.29, 1.82) is 0 Å². The highest BCUT2D eigenvalue weighted by molar-refractivity contribution is 6.30. The summed E-state index contributed by atoms with van der Waals surface area (Å²) >= 11 is 5.79. The number of amides is 1. The number of fused-ring (bicyclic) bond motifs is 1. The normalized spacial score (nSPS) is 11.4. The zero-order valence-electron chi connectivity index (χ0n) is 10.9. The van der Waals surface area contributed by atoms with Crippen molar-refractivity contribution in [3.8, 4) is 0 Å². The van der Waals surface area contributed by atoms with Crippen molar-refractivity contribution in [2.45, 2.75) is 26.4 Å². The lowest BCUT2D eigenvalue weighted by Gasteiger charge is -2.19. The van der Waals surface area contributed by atoms with Gasteiger partial charge in [-0.1, -0.05) is 11.6 Å². The molecule has 0 radical (unpaired) electrons. The highest BCUT2D eigenvalue weighted by atomic mass is 35.5. The molecule has 0 fully saturated rings. The minimum atomic E-state index is -0.546. The molecule has 0 saturated carbocycles. The molecule has 0 aliphatic heterocycles. The molecule has 100 valence electrons. The van der Waals surface area contributed by atoms with Gasteiger partial charge in [0.05, 0.1) is 0 Å². The first kappa shape index (κ1) is 13.5. The van der Waals surface area contributed by atoms with Gasteiger partial charge in [-0.2, -0.15) is 0 Å². The molecule has 2 aromatic rings. The van der Waals surface area contributed by atoms with Crippen LogP contribution in [0.2, 0.25) is 5.15 Å². The molecule has 19 heavy (non-hydrogen) atoms. The largest absolute Gasteiger partial charge is 0.444 e. The van der Waals surface area contributed by atoms with Crippen molar-refractivity contribution >= 4 is 34.3 Å². The van der Waals surface area contributed by atoms with Crippen molar-refractivity contribution in [3.63, 3.8) is 0 Å². The molecule has 0 saturated heterocycles. The first-order chi connectivity index (χ1) is 8.83. The Hall–Kier alpha value is -1.88. The minimum absolute atomic E-state index is 0.405. The standard InChI is InChI=1S/C13H14ClN3O2/c1-13(2,3)19-12(18)17-11-5-9-6-15-10(14)4-8(9)7-16-11/h4-7H,1-3H3,(H,16,17,18). The Labute approximate surface area is 116 Å². The van der Waals surface area contributed by atoms with E-state index in [1.54, 1.807) is 45.3 Å². The van der Waals surface area contributed by atoms with Gasteiger partial charge in [-0.05, 0) is 32.9 Å². The number of hydrogen-bond acceptors (Lipinski definition) is 4. The average Bonchev–Trinajstić information content (AvgIpc) is 2.26. The molecule has 0 atom stereocenters. The van der Waals surface area contributed by atoms with Crippen molar-refractivity contribution in [1.82, 2.24) is 9.97 Å². The molecule has 2 rings (SSSR count). The van der Waals surface area contributed by atoms with Gasteiger partial charge in [-0.15, -0.1) is 0 Å². The summed E-state index contributed by atoms with van der Waals surface area (Å²) in [7, 11) is 0. The maximum Gasteiger partial charge on any atom is 0.413 e. The lowest BCUT2D eigenvalue weighted by atomic mass is 10.2. The quantitative estimate of drug-likeness (QED) is 0.810. The topological polar surface area (TPSA) is 64.1 Å². The van der Waals surface area contributed by atoms with E-state index in [1.165, 1.54) is 0 Å². The Morgan fingerprint density at radius 1 is 1.21 bits per heavy atom. The average molecular weight is 280 g/mol. The van der Waals surface area contributed by atoms with E-state index in [0.29, 0.717) is 11.0 Å². The summed E-state index contributed by atoms with van der Waals surface area (Å²) in [5.74, 6) is 0.408. The van der Waals surface area contributed by atoms with Crippen LogP contribution in [-0.4, -0.2) is 21.7 Å². The molecule has 1 amide bonds. The Bertz CT molecular complexity index is 623. The Morgan fingerprint density at radius 2 is 1.84 bits per heavy atom. The molecule has 2 heterocycles. The van der Waals surface area contributed by atoms with Crippen LogP contribution in [-0.2, 0) is 4.74 Å². The molecule has 0 aliphatic rings. The van der Waals surface area contributed by atoms with E-state index < -0.39 is 11.7 Å². The maximum absolute atomic E-state index is 11.6. The summed E-state index contributed by atoms with van der Waals surface area (Å²) in [5.41, 5.74) is -0.546. The third-order valence-corrected chi connectivity index (χ3v) is 2.41. The van der Waals surface area contributed by atoms with Gasteiger partial charge >= 0.3 is 6.09 Å². The molecule has 0 bridgehead atoms. The monoisotopic (exact) mass is 279 g/mol. The van der Waals surface area contributed by atoms with Crippen LogP contribution in [0.25, 0.3) is 10.8 Å². The number of pyridine rings is 2. The molecular weight excluding hydrogens is 266 g/mol. The number of rotatable bonds is 1. The van der Waals surface area contributed by atoms with E-state index in [4.69, 9.17) is 16.3 Å². The van der Waals surface area contributed by atoms with E-state index >= 15 is 0 Å². The predicted octanol–water partition coefficient (Wildman–Crippen LogP) is 3.63. The summed E-state index contributed by atoms with van der Waals surface area (Å²) < 4.78 is 5.15. The third kappa shape index (κ3) is 3.79. The van der Waals surface area contributed by atoms with Crippen molar-refractivity contribution in [3.05, 3.63) is 29.7 Å². The Balaban J connectivity index is 2.18. The fourth-order valence-corrected chi connectivity index (χ4v) is 1.65. The number of nitrogens with zero attached hydrogens (tertiary/aromatic N) is 2. The van der Waals surface area contributed by atoms with Crippen LogP contribution in [0.3, 0.4) is 0 Å². The second-order valence-corrected chi connectivity index (χ2v) is 5.44. The van der Waals surface area contributed by atoms with Crippen LogP contribution in [0.5, 0.6) is 0 Å². The molecule has 0 aliphatic carbocycles. The fourth-order valence-electron chi connectivity index (χ4n) is 1.49. The van der Waals surface area contributed by atoms with Gasteiger partial charge in [0.1, 0.15) is 16.6 Å². The lowest BCUT2D eigenvalue weighted by molar-refractivity contribution is 0.0635. The molecule has 2 aromatic heterocycles. The van der Waals surface area contributed by atoms with E-state index in [1.807, 2.05) is 0 Å². The summed E-state index contributed by atoms with van der Waals surface area (Å²) in [6.45, 7) is 5.39. The number of halogens is 1. The number of carbonyl (C=O) groups is 1. The zero-order chi connectivity index (χ0) is 14.0. The number of carbonyl (C=O) groups excluding carboxylic acids is 1. The molecule has 5 nitrogen and oxygen atoms in total. The highest BCUT2D eigenvalue weighted by Gasteiger charge is 2.16. The van der Waals surface area contributed by atoms with Gasteiger partial charge in [0, 0.05) is 23.2 Å². The SMILES string of the molecule is CC(C)(C)OC(=O)Nc1cc2cnc(Cl)cc2cn1. The van der Waals surface area contributed by atoms with E-state index in [9.17, 15) is 4.79 Å². The van der Waals surface area contributed by atoms with E-state index in [0.717, 1.165) is 10.8 Å². The van der Waals surface area contributed by atoms with E-state index in [-0.39, 0.29) is 0 Å². The number of hydrogen-bond donors (Lipinski definition) is 1. The van der Waals surface area contributed by atoms with Gasteiger partial charge in [0.25, 0.3) is 0 Å². The van der Waals surface area contributed by atoms with Crippen LogP contribution < -0.4 is 5.32 Å². The van der Waals surface area contributed by atoms with Gasteiger partial charge in [0.15, 0.2) is 0 Å². The smallest absolute Gasteiger partial charge is 0.413 e. The van der Waals surface area contributed by atoms with Crippen molar-refractivity contribution < 1.29 is 9.53 Å². The summed E-state index contributed by atoms with van der Waals surface area (Å²) in [5, 5.41) is 4.67. The molecule has 6 heteroatoms. The van der Waals surface area contributed by atoms with Crippen LogP contribution in [0.4, 0.5) is 10.6 Å². The Morgan fingerprint density at radius 3 is 2.53 bits per heavy atom. The summed E-state index contributed by atoms with van der Waals surface area (Å²) in [4.78, 5) is 19.7.